The minimum atomic E-state index is 0.0254. The molecule has 0 heterocycles. The van der Waals surface area contributed by atoms with Gasteiger partial charge in [-0.3, -0.25) is 0 Å². The van der Waals surface area contributed by atoms with E-state index >= 15 is 0 Å². The van der Waals surface area contributed by atoms with Gasteiger partial charge in [-0.25, -0.2) is 0 Å². The summed E-state index contributed by atoms with van der Waals surface area (Å²) in [4.78, 5) is 2.28. The predicted octanol–water partition coefficient (Wildman–Crippen LogP) is 3.23. The van der Waals surface area contributed by atoms with Crippen LogP contribution < -0.4 is 20.1 Å². The maximum atomic E-state index is 6.10. The van der Waals surface area contributed by atoms with Crippen LogP contribution in [-0.4, -0.2) is 27.3 Å². The lowest BCUT2D eigenvalue weighted by Crippen LogP contribution is -2.34. The van der Waals surface area contributed by atoms with Crippen LogP contribution in [0.4, 0.5) is 5.69 Å². The molecule has 118 valence electrons. The lowest BCUT2D eigenvalue weighted by molar-refractivity contribution is 0.394. The van der Waals surface area contributed by atoms with Gasteiger partial charge in [0.15, 0.2) is 0 Å². The molecule has 0 saturated heterocycles. The zero-order valence-electron chi connectivity index (χ0n) is 13.5. The van der Waals surface area contributed by atoms with Crippen molar-refractivity contribution in [2.75, 3.05) is 32.2 Å². The van der Waals surface area contributed by atoms with Gasteiger partial charge in [0.2, 0.25) is 0 Å². The first-order valence-electron chi connectivity index (χ1n) is 7.48. The molecule has 0 saturated carbocycles. The van der Waals surface area contributed by atoms with E-state index in [9.17, 15) is 0 Å². The van der Waals surface area contributed by atoms with Gasteiger partial charge in [-0.1, -0.05) is 18.2 Å². The fourth-order valence-electron chi connectivity index (χ4n) is 2.72. The number of benzene rings is 2. The number of rotatable bonds is 7. The number of hydrogen-bond donors (Lipinski definition) is 1. The number of anilines is 1. The molecule has 2 N–H and O–H groups in total. The molecule has 2 aromatic rings. The molecule has 0 radical (unpaired) electrons. The van der Waals surface area contributed by atoms with Gasteiger partial charge < -0.3 is 20.1 Å². The Hall–Kier alpha value is -2.20. The Labute approximate surface area is 132 Å². The Morgan fingerprint density at radius 3 is 2.32 bits per heavy atom. The van der Waals surface area contributed by atoms with Gasteiger partial charge in [-0.2, -0.15) is 0 Å². The summed E-state index contributed by atoms with van der Waals surface area (Å²) in [6.07, 6.45) is 0. The van der Waals surface area contributed by atoms with Crippen molar-refractivity contribution in [1.29, 1.82) is 0 Å². The van der Waals surface area contributed by atoms with Gasteiger partial charge >= 0.3 is 0 Å². The largest absolute Gasteiger partial charge is 0.497 e. The highest BCUT2D eigenvalue weighted by Crippen LogP contribution is 2.34. The van der Waals surface area contributed by atoms with Gasteiger partial charge in [0, 0.05) is 24.3 Å². The first-order chi connectivity index (χ1) is 10.7. The van der Waals surface area contributed by atoms with Crippen molar-refractivity contribution in [2.24, 2.45) is 5.73 Å². The SMILES string of the molecule is CCN(c1ccccc1)C(CN)c1cc(OC)ccc1OC. The van der Waals surface area contributed by atoms with E-state index in [0.717, 1.165) is 29.3 Å². The molecule has 4 nitrogen and oxygen atoms in total. The molecule has 0 spiro atoms. The van der Waals surface area contributed by atoms with Crippen LogP contribution in [0.25, 0.3) is 0 Å². The summed E-state index contributed by atoms with van der Waals surface area (Å²) in [6, 6.07) is 16.1. The van der Waals surface area contributed by atoms with Gasteiger partial charge in [0.05, 0.1) is 20.3 Å². The zero-order valence-corrected chi connectivity index (χ0v) is 13.5. The molecule has 2 aromatic carbocycles. The average Bonchev–Trinajstić information content (AvgIpc) is 2.59. The van der Waals surface area contributed by atoms with Crippen LogP contribution in [0.3, 0.4) is 0 Å². The highest BCUT2D eigenvalue weighted by Gasteiger charge is 2.22. The first kappa shape index (κ1) is 16.2. The van der Waals surface area contributed by atoms with Gasteiger partial charge in [0.25, 0.3) is 0 Å². The van der Waals surface area contributed by atoms with Crippen LogP contribution in [0.5, 0.6) is 11.5 Å². The van der Waals surface area contributed by atoms with Crippen molar-refractivity contribution >= 4 is 5.69 Å². The number of para-hydroxylation sites is 1. The van der Waals surface area contributed by atoms with E-state index in [1.165, 1.54) is 0 Å². The summed E-state index contributed by atoms with van der Waals surface area (Å²) < 4.78 is 10.9. The van der Waals surface area contributed by atoms with Crippen molar-refractivity contribution in [3.63, 3.8) is 0 Å². The van der Waals surface area contributed by atoms with E-state index in [4.69, 9.17) is 15.2 Å². The minimum absolute atomic E-state index is 0.0254. The number of hydrogen-bond acceptors (Lipinski definition) is 4. The predicted molar refractivity (Wildman–Crippen MR) is 90.8 cm³/mol. The molecule has 0 aromatic heterocycles. The Balaban J connectivity index is 2.46. The number of nitrogens with zero attached hydrogens (tertiary/aromatic N) is 1. The quantitative estimate of drug-likeness (QED) is 0.853. The standard InChI is InChI=1S/C18H24N2O2/c1-4-20(14-8-6-5-7-9-14)17(13-19)16-12-15(21-2)10-11-18(16)22-3/h5-12,17H,4,13,19H2,1-3H3. The van der Waals surface area contributed by atoms with Crippen LogP contribution in [0.2, 0.25) is 0 Å². The number of nitrogens with two attached hydrogens (primary N) is 1. The molecular weight excluding hydrogens is 276 g/mol. The maximum Gasteiger partial charge on any atom is 0.124 e. The lowest BCUT2D eigenvalue weighted by atomic mass is 10.0. The highest BCUT2D eigenvalue weighted by atomic mass is 16.5. The van der Waals surface area contributed by atoms with Crippen molar-refractivity contribution < 1.29 is 9.47 Å². The van der Waals surface area contributed by atoms with Crippen molar-refractivity contribution in [2.45, 2.75) is 13.0 Å². The van der Waals surface area contributed by atoms with Crippen LogP contribution in [0.1, 0.15) is 18.5 Å². The summed E-state index contributed by atoms with van der Waals surface area (Å²) >= 11 is 0. The van der Waals surface area contributed by atoms with Crippen LogP contribution in [-0.2, 0) is 0 Å². The van der Waals surface area contributed by atoms with Crippen LogP contribution in [0, 0.1) is 0 Å². The summed E-state index contributed by atoms with van der Waals surface area (Å²) in [5.41, 5.74) is 8.28. The first-order valence-corrected chi connectivity index (χ1v) is 7.48. The van der Waals surface area contributed by atoms with Gasteiger partial charge in [-0.15, -0.1) is 0 Å². The molecular formula is C18H24N2O2. The average molecular weight is 300 g/mol. The topological polar surface area (TPSA) is 47.7 Å². The second-order valence-electron chi connectivity index (χ2n) is 4.98. The van der Waals surface area contributed by atoms with Gasteiger partial charge in [0.1, 0.15) is 11.5 Å². The third kappa shape index (κ3) is 3.34. The van der Waals surface area contributed by atoms with E-state index in [0.29, 0.717) is 6.54 Å². The molecule has 0 amide bonds. The Kier molecular flexibility index (Phi) is 5.67. The fourth-order valence-corrected chi connectivity index (χ4v) is 2.72. The molecule has 0 aliphatic rings. The Morgan fingerprint density at radius 1 is 1.05 bits per heavy atom. The zero-order chi connectivity index (χ0) is 15.9. The number of likely N-dealkylation sites (N-methyl/N-ethyl adjacent to an activating group) is 1. The van der Waals surface area contributed by atoms with Crippen LogP contribution in [0.15, 0.2) is 48.5 Å². The molecule has 0 fully saturated rings. The number of methoxy groups -OCH3 is 2. The van der Waals surface area contributed by atoms with E-state index < -0.39 is 0 Å². The molecule has 0 bridgehead atoms. The second-order valence-corrected chi connectivity index (χ2v) is 4.98. The molecule has 1 atom stereocenters. The smallest absolute Gasteiger partial charge is 0.124 e. The van der Waals surface area contributed by atoms with E-state index in [1.807, 2.05) is 36.4 Å². The van der Waals surface area contributed by atoms with E-state index in [2.05, 4.69) is 24.0 Å². The summed E-state index contributed by atoms with van der Waals surface area (Å²) in [5, 5.41) is 0. The molecule has 0 aliphatic carbocycles. The molecule has 4 heteroatoms. The summed E-state index contributed by atoms with van der Waals surface area (Å²) in [6.45, 7) is 3.47. The minimum Gasteiger partial charge on any atom is -0.497 e. The highest BCUT2D eigenvalue weighted by molar-refractivity contribution is 5.52. The van der Waals surface area contributed by atoms with Crippen LogP contribution >= 0.6 is 0 Å². The van der Waals surface area contributed by atoms with Gasteiger partial charge in [-0.05, 0) is 37.3 Å². The third-order valence-electron chi connectivity index (χ3n) is 3.82. The monoisotopic (exact) mass is 300 g/mol. The van der Waals surface area contributed by atoms with E-state index in [-0.39, 0.29) is 6.04 Å². The number of ether oxygens (including phenoxy) is 2. The van der Waals surface area contributed by atoms with Crippen molar-refractivity contribution in [3.05, 3.63) is 54.1 Å². The summed E-state index contributed by atoms with van der Waals surface area (Å²) in [7, 11) is 3.34. The molecule has 0 aliphatic heterocycles. The molecule has 1 unspecified atom stereocenters. The normalized spacial score (nSPS) is 11.8. The van der Waals surface area contributed by atoms with Crippen molar-refractivity contribution in [3.8, 4) is 11.5 Å². The molecule has 22 heavy (non-hydrogen) atoms. The summed E-state index contributed by atoms with van der Waals surface area (Å²) in [5.74, 6) is 1.63. The second kappa shape index (κ2) is 7.71. The van der Waals surface area contributed by atoms with Crippen molar-refractivity contribution in [1.82, 2.24) is 0 Å². The Morgan fingerprint density at radius 2 is 1.77 bits per heavy atom. The Bertz CT molecular complexity index is 587. The maximum absolute atomic E-state index is 6.10. The van der Waals surface area contributed by atoms with E-state index in [1.54, 1.807) is 14.2 Å². The third-order valence-corrected chi connectivity index (χ3v) is 3.82. The lowest BCUT2D eigenvalue weighted by Gasteiger charge is -2.33. The fraction of sp³-hybridized carbons (Fsp3) is 0.333. The molecule has 2 rings (SSSR count).